The van der Waals surface area contributed by atoms with Crippen molar-refractivity contribution in [2.45, 2.75) is 20.0 Å². The molecule has 0 aliphatic heterocycles. The Hall–Kier alpha value is -0.640. The van der Waals surface area contributed by atoms with Gasteiger partial charge < -0.3 is 14.6 Å². The van der Waals surface area contributed by atoms with Gasteiger partial charge in [0, 0.05) is 0 Å². The highest BCUT2D eigenvalue weighted by Gasteiger charge is 2.02. The van der Waals surface area contributed by atoms with Gasteiger partial charge in [0.2, 0.25) is 0 Å². The maximum absolute atomic E-state index is 9.34. The summed E-state index contributed by atoms with van der Waals surface area (Å²) in [7, 11) is 0. The first-order valence-corrected chi connectivity index (χ1v) is 4.74. The second-order valence-electron chi connectivity index (χ2n) is 3.30. The van der Waals surface area contributed by atoms with Gasteiger partial charge in [-0.3, -0.25) is 0 Å². The molecule has 0 amide bonds. The van der Waals surface area contributed by atoms with Crippen LogP contribution in [0.15, 0.2) is 24.3 Å². The van der Waals surface area contributed by atoms with E-state index in [4.69, 9.17) is 9.47 Å². The van der Waals surface area contributed by atoms with Crippen LogP contribution in [0.1, 0.15) is 13.8 Å². The summed E-state index contributed by atoms with van der Waals surface area (Å²) >= 11 is 0. The number of aliphatic hydroxyl groups is 1. The summed E-state index contributed by atoms with van der Waals surface area (Å²) in [4.78, 5) is 0. The number of allylic oxidation sites excluding steroid dienone is 1. The summed E-state index contributed by atoms with van der Waals surface area (Å²) in [6, 6.07) is 0. The average Bonchev–Trinajstić information content (AvgIpc) is 2.13. The molecule has 0 radical (unpaired) electrons. The molecule has 1 atom stereocenters. The Morgan fingerprint density at radius 2 is 1.86 bits per heavy atom. The van der Waals surface area contributed by atoms with E-state index in [9.17, 15) is 5.11 Å². The summed E-state index contributed by atoms with van der Waals surface area (Å²) in [5, 5.41) is 9.34. The molecule has 3 heteroatoms. The molecular weight excluding hydrogens is 180 g/mol. The fourth-order valence-corrected chi connectivity index (χ4v) is 0.765. The third-order valence-corrected chi connectivity index (χ3v) is 1.47. The fraction of sp³-hybridized carbons (Fsp3) is 0.636. The predicted molar refractivity (Wildman–Crippen MR) is 57.3 cm³/mol. The molecule has 0 fully saturated rings. The normalized spacial score (nSPS) is 12.2. The van der Waals surface area contributed by atoms with Crippen LogP contribution in [0.2, 0.25) is 0 Å². The Morgan fingerprint density at radius 3 is 2.36 bits per heavy atom. The molecule has 0 aliphatic rings. The van der Waals surface area contributed by atoms with E-state index in [-0.39, 0.29) is 0 Å². The first-order valence-electron chi connectivity index (χ1n) is 4.74. The van der Waals surface area contributed by atoms with Crippen LogP contribution in [0.4, 0.5) is 0 Å². The second kappa shape index (κ2) is 8.94. The molecule has 0 aromatic carbocycles. The summed E-state index contributed by atoms with van der Waals surface area (Å²) in [6.45, 7) is 9.13. The molecular formula is C11H20O3. The first-order chi connectivity index (χ1) is 6.66. The standard InChI is InChI=1S/C11H20O3/c1-4-6-13-8-11(12)9-14-7-5-10(2)3/h4-5,11-12H,1,6-9H2,2-3H3. The Kier molecular flexibility index (Phi) is 8.53. The quantitative estimate of drug-likeness (QED) is 0.477. The van der Waals surface area contributed by atoms with Crippen molar-refractivity contribution in [1.29, 1.82) is 0 Å². The Morgan fingerprint density at radius 1 is 1.29 bits per heavy atom. The smallest absolute Gasteiger partial charge is 0.101 e. The van der Waals surface area contributed by atoms with Crippen LogP contribution in [0, 0.1) is 0 Å². The number of aliphatic hydroxyl groups excluding tert-OH is 1. The topological polar surface area (TPSA) is 38.7 Å². The van der Waals surface area contributed by atoms with E-state index >= 15 is 0 Å². The molecule has 0 aromatic heterocycles. The highest BCUT2D eigenvalue weighted by atomic mass is 16.5. The summed E-state index contributed by atoms with van der Waals surface area (Å²) in [6.07, 6.45) is 3.06. The van der Waals surface area contributed by atoms with Gasteiger partial charge >= 0.3 is 0 Å². The van der Waals surface area contributed by atoms with Gasteiger partial charge in [0.1, 0.15) is 6.10 Å². The fourth-order valence-electron chi connectivity index (χ4n) is 0.765. The van der Waals surface area contributed by atoms with Crippen molar-refractivity contribution in [2.75, 3.05) is 26.4 Å². The summed E-state index contributed by atoms with van der Waals surface area (Å²) in [5.41, 5.74) is 1.21. The van der Waals surface area contributed by atoms with Gasteiger partial charge in [0.25, 0.3) is 0 Å². The van der Waals surface area contributed by atoms with Crippen molar-refractivity contribution in [3.8, 4) is 0 Å². The lowest BCUT2D eigenvalue weighted by Crippen LogP contribution is -2.21. The van der Waals surface area contributed by atoms with E-state index in [2.05, 4.69) is 6.58 Å². The minimum absolute atomic E-state index is 0.293. The number of hydrogen-bond acceptors (Lipinski definition) is 3. The van der Waals surface area contributed by atoms with E-state index < -0.39 is 6.10 Å². The van der Waals surface area contributed by atoms with Crippen LogP contribution < -0.4 is 0 Å². The maximum atomic E-state index is 9.34. The highest BCUT2D eigenvalue weighted by Crippen LogP contribution is 1.91. The van der Waals surface area contributed by atoms with Crippen LogP contribution in [-0.4, -0.2) is 37.6 Å². The van der Waals surface area contributed by atoms with Crippen molar-refractivity contribution >= 4 is 0 Å². The van der Waals surface area contributed by atoms with E-state index in [1.54, 1.807) is 6.08 Å². The van der Waals surface area contributed by atoms with Gasteiger partial charge in [-0.15, -0.1) is 6.58 Å². The van der Waals surface area contributed by atoms with Crippen molar-refractivity contribution in [2.24, 2.45) is 0 Å². The van der Waals surface area contributed by atoms with Gasteiger partial charge in [-0.1, -0.05) is 17.7 Å². The molecule has 0 saturated carbocycles. The Labute approximate surface area is 86.0 Å². The molecule has 1 unspecified atom stereocenters. The summed E-state index contributed by atoms with van der Waals surface area (Å²) in [5.74, 6) is 0. The molecule has 0 heterocycles. The molecule has 1 N–H and O–H groups in total. The zero-order valence-corrected chi connectivity index (χ0v) is 9.03. The van der Waals surface area contributed by atoms with Crippen LogP contribution in [-0.2, 0) is 9.47 Å². The molecule has 0 rings (SSSR count). The summed E-state index contributed by atoms with van der Waals surface area (Å²) < 4.78 is 10.3. The Bertz CT molecular complexity index is 171. The molecule has 0 aliphatic carbocycles. The van der Waals surface area contributed by atoms with Gasteiger partial charge in [-0.2, -0.15) is 0 Å². The number of rotatable bonds is 8. The van der Waals surface area contributed by atoms with Crippen LogP contribution in [0.5, 0.6) is 0 Å². The van der Waals surface area contributed by atoms with Crippen LogP contribution in [0.25, 0.3) is 0 Å². The van der Waals surface area contributed by atoms with E-state index in [1.807, 2.05) is 19.9 Å². The van der Waals surface area contributed by atoms with Crippen molar-refractivity contribution < 1.29 is 14.6 Å². The third kappa shape index (κ3) is 9.45. The maximum Gasteiger partial charge on any atom is 0.101 e. The van der Waals surface area contributed by atoms with Gasteiger partial charge in [-0.25, -0.2) is 0 Å². The minimum atomic E-state index is -0.555. The lowest BCUT2D eigenvalue weighted by atomic mass is 10.3. The number of ether oxygens (including phenoxy) is 2. The first kappa shape index (κ1) is 13.4. The molecule has 0 aromatic rings. The van der Waals surface area contributed by atoms with E-state index in [0.29, 0.717) is 26.4 Å². The van der Waals surface area contributed by atoms with Crippen molar-refractivity contribution in [3.63, 3.8) is 0 Å². The predicted octanol–water partition coefficient (Wildman–Crippen LogP) is 1.53. The molecule has 14 heavy (non-hydrogen) atoms. The zero-order chi connectivity index (χ0) is 10.8. The SMILES string of the molecule is C=CCOCC(O)COCC=C(C)C. The van der Waals surface area contributed by atoms with Crippen molar-refractivity contribution in [3.05, 3.63) is 24.3 Å². The molecule has 0 saturated heterocycles. The van der Waals surface area contributed by atoms with Crippen molar-refractivity contribution in [1.82, 2.24) is 0 Å². The zero-order valence-electron chi connectivity index (χ0n) is 9.03. The third-order valence-electron chi connectivity index (χ3n) is 1.47. The average molecular weight is 200 g/mol. The van der Waals surface area contributed by atoms with Gasteiger partial charge in [0.05, 0.1) is 26.4 Å². The van der Waals surface area contributed by atoms with E-state index in [0.717, 1.165) is 0 Å². The Balaban J connectivity index is 3.30. The highest BCUT2D eigenvalue weighted by molar-refractivity contribution is 4.92. The van der Waals surface area contributed by atoms with Crippen LogP contribution >= 0.6 is 0 Å². The van der Waals surface area contributed by atoms with Gasteiger partial charge in [0.15, 0.2) is 0 Å². The molecule has 82 valence electrons. The monoisotopic (exact) mass is 200 g/mol. The van der Waals surface area contributed by atoms with E-state index in [1.165, 1.54) is 5.57 Å². The molecule has 0 spiro atoms. The minimum Gasteiger partial charge on any atom is -0.388 e. The largest absolute Gasteiger partial charge is 0.388 e. The van der Waals surface area contributed by atoms with Crippen LogP contribution in [0.3, 0.4) is 0 Å². The lowest BCUT2D eigenvalue weighted by molar-refractivity contribution is -0.00657. The molecule has 3 nitrogen and oxygen atoms in total. The molecule has 0 bridgehead atoms. The number of hydrogen-bond donors (Lipinski definition) is 1. The van der Waals surface area contributed by atoms with Gasteiger partial charge in [-0.05, 0) is 13.8 Å². The lowest BCUT2D eigenvalue weighted by Gasteiger charge is -2.09. The second-order valence-corrected chi connectivity index (χ2v) is 3.30.